The number of imide groups is 1. The number of carboxylic acid groups (broad SMARTS) is 1. The highest BCUT2D eigenvalue weighted by Gasteiger charge is 2.13. The summed E-state index contributed by atoms with van der Waals surface area (Å²) in [5.41, 5.74) is 0. The van der Waals surface area contributed by atoms with Crippen molar-refractivity contribution in [3.63, 3.8) is 0 Å². The molecular formula is C12H16N2O5S. The predicted octanol–water partition coefficient (Wildman–Crippen LogP) is 1.04. The normalized spacial score (nSPS) is 11.7. The van der Waals surface area contributed by atoms with Crippen LogP contribution in [0.1, 0.15) is 22.7 Å². The zero-order valence-electron chi connectivity index (χ0n) is 11.1. The maximum atomic E-state index is 11.5. The van der Waals surface area contributed by atoms with E-state index in [4.69, 9.17) is 5.11 Å². The molecule has 0 aliphatic rings. The lowest BCUT2D eigenvalue weighted by atomic mass is 10.3. The van der Waals surface area contributed by atoms with E-state index in [0.717, 1.165) is 9.75 Å². The van der Waals surface area contributed by atoms with Gasteiger partial charge in [-0.15, -0.1) is 11.3 Å². The van der Waals surface area contributed by atoms with E-state index < -0.39 is 31.1 Å². The number of ether oxygens (including phenoxy) is 1. The molecule has 1 unspecified atom stereocenters. The van der Waals surface area contributed by atoms with Crippen LogP contribution in [-0.4, -0.2) is 36.2 Å². The second-order valence-corrected chi connectivity index (χ2v) is 5.40. The highest BCUT2D eigenvalue weighted by Crippen LogP contribution is 2.21. The van der Waals surface area contributed by atoms with E-state index in [2.05, 4.69) is 15.4 Å². The van der Waals surface area contributed by atoms with Gasteiger partial charge in [0.25, 0.3) is 5.91 Å². The molecule has 8 heteroatoms. The molecule has 1 aromatic heterocycles. The molecule has 0 aliphatic carbocycles. The summed E-state index contributed by atoms with van der Waals surface area (Å²) in [4.78, 5) is 35.1. The van der Waals surface area contributed by atoms with Crippen LogP contribution in [0, 0.1) is 6.92 Å². The Labute approximate surface area is 119 Å². The average Bonchev–Trinajstić information content (AvgIpc) is 2.75. The number of amides is 3. The summed E-state index contributed by atoms with van der Waals surface area (Å²) >= 11 is 1.56. The molecule has 3 amide bonds. The SMILES string of the molecule is Cc1ccc(C(C)NC(=O)NC(=O)COCC(=O)O)s1. The Morgan fingerprint density at radius 2 is 2.05 bits per heavy atom. The fraction of sp³-hybridized carbons (Fsp3) is 0.417. The van der Waals surface area contributed by atoms with Crippen LogP contribution in [-0.2, 0) is 14.3 Å². The molecule has 0 fully saturated rings. The summed E-state index contributed by atoms with van der Waals surface area (Å²) in [7, 11) is 0. The quantitative estimate of drug-likeness (QED) is 0.728. The summed E-state index contributed by atoms with van der Waals surface area (Å²) in [6, 6.07) is 2.98. The molecule has 20 heavy (non-hydrogen) atoms. The molecule has 110 valence electrons. The highest BCUT2D eigenvalue weighted by atomic mass is 32.1. The molecule has 0 bridgehead atoms. The standard InChI is InChI=1S/C12H16N2O5S/c1-7-3-4-9(20-7)8(2)13-12(18)14-10(15)5-19-6-11(16)17/h3-4,8H,5-6H2,1-2H3,(H,16,17)(H2,13,14,15,18). The number of rotatable bonds is 6. The van der Waals surface area contributed by atoms with Crippen molar-refractivity contribution in [2.75, 3.05) is 13.2 Å². The zero-order valence-corrected chi connectivity index (χ0v) is 12.0. The minimum Gasteiger partial charge on any atom is -0.480 e. The molecule has 0 radical (unpaired) electrons. The topological polar surface area (TPSA) is 105 Å². The Morgan fingerprint density at radius 1 is 1.35 bits per heavy atom. The second-order valence-electron chi connectivity index (χ2n) is 4.08. The summed E-state index contributed by atoms with van der Waals surface area (Å²) < 4.78 is 4.56. The van der Waals surface area contributed by atoms with Crippen LogP contribution in [0.2, 0.25) is 0 Å². The monoisotopic (exact) mass is 300 g/mol. The third-order valence-corrected chi connectivity index (χ3v) is 3.43. The largest absolute Gasteiger partial charge is 0.480 e. The van der Waals surface area contributed by atoms with Gasteiger partial charge in [0.05, 0.1) is 6.04 Å². The Bertz CT molecular complexity index is 500. The number of hydrogen-bond donors (Lipinski definition) is 3. The van der Waals surface area contributed by atoms with Crippen molar-refractivity contribution >= 4 is 29.2 Å². The lowest BCUT2D eigenvalue weighted by molar-refractivity contribution is -0.143. The van der Waals surface area contributed by atoms with E-state index in [-0.39, 0.29) is 6.04 Å². The molecule has 0 aromatic carbocycles. The van der Waals surface area contributed by atoms with E-state index in [1.165, 1.54) is 0 Å². The lowest BCUT2D eigenvalue weighted by Gasteiger charge is -2.12. The molecule has 3 N–H and O–H groups in total. The molecular weight excluding hydrogens is 284 g/mol. The van der Waals surface area contributed by atoms with E-state index in [9.17, 15) is 14.4 Å². The Kier molecular flexibility index (Phi) is 6.13. The summed E-state index contributed by atoms with van der Waals surface area (Å²) in [5, 5.41) is 13.0. The number of urea groups is 1. The van der Waals surface area contributed by atoms with Gasteiger partial charge in [-0.05, 0) is 26.0 Å². The molecule has 1 rings (SSSR count). The zero-order chi connectivity index (χ0) is 15.1. The number of thiophene rings is 1. The van der Waals surface area contributed by atoms with Crippen molar-refractivity contribution in [1.82, 2.24) is 10.6 Å². The van der Waals surface area contributed by atoms with Crippen molar-refractivity contribution < 1.29 is 24.2 Å². The number of carboxylic acids is 1. The molecule has 1 aromatic rings. The van der Waals surface area contributed by atoms with Crippen molar-refractivity contribution in [3.8, 4) is 0 Å². The summed E-state index contributed by atoms with van der Waals surface area (Å²) in [6.45, 7) is 2.70. The number of carbonyl (C=O) groups is 3. The first-order valence-electron chi connectivity index (χ1n) is 5.84. The Balaban J connectivity index is 2.32. The minimum absolute atomic E-state index is 0.221. The van der Waals surface area contributed by atoms with Gasteiger partial charge < -0.3 is 15.2 Å². The van der Waals surface area contributed by atoms with E-state index >= 15 is 0 Å². The number of aryl methyl sites for hydroxylation is 1. The first-order chi connectivity index (χ1) is 9.38. The van der Waals surface area contributed by atoms with Crippen LogP contribution in [0.3, 0.4) is 0 Å². The molecule has 0 aliphatic heterocycles. The van der Waals surface area contributed by atoms with Gasteiger partial charge in [0.15, 0.2) is 0 Å². The number of carbonyl (C=O) groups excluding carboxylic acids is 2. The molecule has 0 saturated carbocycles. The number of aliphatic carboxylic acids is 1. The molecule has 1 atom stereocenters. The number of hydrogen-bond acceptors (Lipinski definition) is 5. The smallest absolute Gasteiger partial charge is 0.329 e. The maximum Gasteiger partial charge on any atom is 0.329 e. The fourth-order valence-corrected chi connectivity index (χ4v) is 2.26. The molecule has 0 saturated heterocycles. The van der Waals surface area contributed by atoms with Gasteiger partial charge >= 0.3 is 12.0 Å². The van der Waals surface area contributed by atoms with Crippen LogP contribution < -0.4 is 10.6 Å². The maximum absolute atomic E-state index is 11.5. The fourth-order valence-electron chi connectivity index (χ4n) is 1.38. The lowest BCUT2D eigenvalue weighted by Crippen LogP contribution is -2.42. The van der Waals surface area contributed by atoms with Crippen molar-refractivity contribution in [2.45, 2.75) is 19.9 Å². The first kappa shape index (κ1) is 16.1. The Morgan fingerprint density at radius 3 is 2.60 bits per heavy atom. The Hall–Kier alpha value is -1.93. The van der Waals surface area contributed by atoms with Crippen LogP contribution >= 0.6 is 11.3 Å². The second kappa shape index (κ2) is 7.61. The van der Waals surface area contributed by atoms with Crippen LogP contribution in [0.25, 0.3) is 0 Å². The van der Waals surface area contributed by atoms with Crippen molar-refractivity contribution in [3.05, 3.63) is 21.9 Å². The van der Waals surface area contributed by atoms with E-state index in [1.54, 1.807) is 18.3 Å². The molecule has 7 nitrogen and oxygen atoms in total. The molecule has 1 heterocycles. The first-order valence-corrected chi connectivity index (χ1v) is 6.66. The van der Waals surface area contributed by atoms with Crippen molar-refractivity contribution in [2.24, 2.45) is 0 Å². The molecule has 0 spiro atoms. The van der Waals surface area contributed by atoms with Gasteiger partial charge in [0, 0.05) is 9.75 Å². The van der Waals surface area contributed by atoms with E-state index in [1.807, 2.05) is 19.1 Å². The van der Waals surface area contributed by atoms with Gasteiger partial charge in [-0.25, -0.2) is 9.59 Å². The summed E-state index contributed by atoms with van der Waals surface area (Å²) in [6.07, 6.45) is 0. The third kappa shape index (κ3) is 5.81. The van der Waals surface area contributed by atoms with Crippen LogP contribution in [0.5, 0.6) is 0 Å². The van der Waals surface area contributed by atoms with Gasteiger partial charge in [0.2, 0.25) is 0 Å². The van der Waals surface area contributed by atoms with Crippen molar-refractivity contribution in [1.29, 1.82) is 0 Å². The minimum atomic E-state index is -1.18. The summed E-state index contributed by atoms with van der Waals surface area (Å²) in [5.74, 6) is -1.87. The van der Waals surface area contributed by atoms with Gasteiger partial charge in [-0.1, -0.05) is 0 Å². The third-order valence-electron chi connectivity index (χ3n) is 2.25. The van der Waals surface area contributed by atoms with Crippen LogP contribution in [0.15, 0.2) is 12.1 Å². The van der Waals surface area contributed by atoms with Gasteiger partial charge in [0.1, 0.15) is 13.2 Å². The highest BCUT2D eigenvalue weighted by molar-refractivity contribution is 7.12. The van der Waals surface area contributed by atoms with Crippen LogP contribution in [0.4, 0.5) is 4.79 Å². The predicted molar refractivity (Wildman–Crippen MR) is 72.6 cm³/mol. The van der Waals surface area contributed by atoms with Gasteiger partial charge in [-0.3, -0.25) is 10.1 Å². The van der Waals surface area contributed by atoms with E-state index in [0.29, 0.717) is 0 Å². The number of nitrogens with one attached hydrogen (secondary N) is 2. The average molecular weight is 300 g/mol. The van der Waals surface area contributed by atoms with Gasteiger partial charge in [-0.2, -0.15) is 0 Å².